The van der Waals surface area contributed by atoms with Gasteiger partial charge >= 0.3 is 12.1 Å². The van der Waals surface area contributed by atoms with Gasteiger partial charge in [0.1, 0.15) is 5.54 Å². The first-order valence-electron chi connectivity index (χ1n) is 7.01. The number of carboxylic acids is 1. The summed E-state index contributed by atoms with van der Waals surface area (Å²) in [5, 5.41) is 11.9. The third-order valence-electron chi connectivity index (χ3n) is 3.78. The highest BCUT2D eigenvalue weighted by atomic mass is 32.2. The Bertz CT molecular complexity index is 581. The fraction of sp³-hybridized carbons (Fsp3) is 0.467. The summed E-state index contributed by atoms with van der Waals surface area (Å²) in [7, 11) is 0. The predicted molar refractivity (Wildman–Crippen MR) is 80.2 cm³/mol. The summed E-state index contributed by atoms with van der Waals surface area (Å²) in [6, 6.07) is 4.28. The van der Waals surface area contributed by atoms with Gasteiger partial charge in [0.2, 0.25) is 5.91 Å². The number of carbonyl (C=O) groups is 2. The van der Waals surface area contributed by atoms with Crippen LogP contribution in [0.4, 0.5) is 13.2 Å². The number of thioether (sulfide) groups is 1. The average molecular weight is 347 g/mol. The molecule has 1 amide bonds. The van der Waals surface area contributed by atoms with Crippen molar-refractivity contribution < 1.29 is 27.9 Å². The molecule has 0 aromatic heterocycles. The number of aliphatic carboxylic acids is 1. The van der Waals surface area contributed by atoms with Gasteiger partial charge in [-0.15, -0.1) is 0 Å². The SMILES string of the molecule is O=C(Cc1ccc(C(F)(F)F)cc1)NC1(C(=O)O)CCSCC1. The van der Waals surface area contributed by atoms with E-state index in [1.54, 1.807) is 11.8 Å². The molecule has 1 aromatic carbocycles. The van der Waals surface area contributed by atoms with Crippen molar-refractivity contribution >= 4 is 23.6 Å². The van der Waals surface area contributed by atoms with Crippen LogP contribution < -0.4 is 5.32 Å². The van der Waals surface area contributed by atoms with Crippen molar-refractivity contribution in [2.45, 2.75) is 31.0 Å². The van der Waals surface area contributed by atoms with E-state index in [-0.39, 0.29) is 6.42 Å². The Morgan fingerprint density at radius 2 is 1.74 bits per heavy atom. The van der Waals surface area contributed by atoms with Crippen LogP contribution >= 0.6 is 11.8 Å². The van der Waals surface area contributed by atoms with Gasteiger partial charge in [0.05, 0.1) is 12.0 Å². The summed E-state index contributed by atoms with van der Waals surface area (Å²) in [6.07, 6.45) is -3.90. The zero-order valence-corrected chi connectivity index (χ0v) is 13.0. The minimum absolute atomic E-state index is 0.152. The molecule has 0 aliphatic carbocycles. The lowest BCUT2D eigenvalue weighted by Gasteiger charge is -2.33. The second-order valence-corrected chi connectivity index (χ2v) is 6.64. The lowest BCUT2D eigenvalue weighted by atomic mass is 9.92. The van der Waals surface area contributed by atoms with Gasteiger partial charge in [0, 0.05) is 0 Å². The molecule has 0 unspecified atom stereocenters. The Kier molecular flexibility index (Phi) is 5.23. The molecule has 1 aliphatic heterocycles. The van der Waals surface area contributed by atoms with Gasteiger partial charge in [0.15, 0.2) is 0 Å². The fourth-order valence-electron chi connectivity index (χ4n) is 2.42. The Balaban J connectivity index is 2.02. The van der Waals surface area contributed by atoms with E-state index in [4.69, 9.17) is 0 Å². The molecule has 1 heterocycles. The van der Waals surface area contributed by atoms with E-state index in [0.29, 0.717) is 29.9 Å². The van der Waals surface area contributed by atoms with Gasteiger partial charge in [-0.25, -0.2) is 4.79 Å². The summed E-state index contributed by atoms with van der Waals surface area (Å²) in [5.41, 5.74) is -1.65. The fourth-order valence-corrected chi connectivity index (χ4v) is 3.61. The highest BCUT2D eigenvalue weighted by molar-refractivity contribution is 7.99. The lowest BCUT2D eigenvalue weighted by Crippen LogP contribution is -2.56. The number of nitrogens with one attached hydrogen (secondary N) is 1. The number of carbonyl (C=O) groups excluding carboxylic acids is 1. The van der Waals surface area contributed by atoms with Crippen molar-refractivity contribution in [2.75, 3.05) is 11.5 Å². The van der Waals surface area contributed by atoms with Gasteiger partial charge in [0.25, 0.3) is 0 Å². The molecule has 2 rings (SSSR count). The lowest BCUT2D eigenvalue weighted by molar-refractivity contribution is -0.148. The predicted octanol–water partition coefficient (Wildman–Crippen LogP) is 2.71. The molecule has 0 saturated carbocycles. The summed E-state index contributed by atoms with van der Waals surface area (Å²) in [4.78, 5) is 23.5. The van der Waals surface area contributed by atoms with Crippen LogP contribution in [0.1, 0.15) is 24.0 Å². The van der Waals surface area contributed by atoms with Crippen molar-refractivity contribution in [1.82, 2.24) is 5.32 Å². The second kappa shape index (κ2) is 6.82. The summed E-state index contributed by atoms with van der Waals surface area (Å²) >= 11 is 1.63. The number of hydrogen-bond acceptors (Lipinski definition) is 3. The van der Waals surface area contributed by atoms with Crippen LogP contribution in [-0.4, -0.2) is 34.0 Å². The zero-order chi connectivity index (χ0) is 17.1. The van der Waals surface area contributed by atoms with E-state index in [2.05, 4.69) is 5.32 Å². The number of hydrogen-bond donors (Lipinski definition) is 2. The van der Waals surface area contributed by atoms with Crippen molar-refractivity contribution in [3.05, 3.63) is 35.4 Å². The standard InChI is InChI=1S/C15H16F3NO3S/c16-15(17,18)11-3-1-10(2-4-11)9-12(20)19-14(13(21)22)5-7-23-8-6-14/h1-4H,5-9H2,(H,19,20)(H,21,22). The smallest absolute Gasteiger partial charge is 0.416 e. The van der Waals surface area contributed by atoms with Gasteiger partial charge < -0.3 is 10.4 Å². The van der Waals surface area contributed by atoms with Crippen LogP contribution in [0.3, 0.4) is 0 Å². The third-order valence-corrected chi connectivity index (χ3v) is 4.77. The molecule has 126 valence electrons. The summed E-state index contributed by atoms with van der Waals surface area (Å²) in [6.45, 7) is 0. The van der Waals surface area contributed by atoms with Crippen LogP contribution in [0.2, 0.25) is 0 Å². The van der Waals surface area contributed by atoms with E-state index >= 15 is 0 Å². The van der Waals surface area contributed by atoms with Crippen molar-refractivity contribution in [3.8, 4) is 0 Å². The summed E-state index contributed by atoms with van der Waals surface area (Å²) < 4.78 is 37.5. The third kappa shape index (κ3) is 4.40. The van der Waals surface area contributed by atoms with Crippen LogP contribution in [-0.2, 0) is 22.2 Å². The minimum Gasteiger partial charge on any atom is -0.480 e. The minimum atomic E-state index is -4.42. The van der Waals surface area contributed by atoms with E-state index in [1.807, 2.05) is 0 Å². The van der Waals surface area contributed by atoms with Crippen molar-refractivity contribution in [3.63, 3.8) is 0 Å². The molecule has 23 heavy (non-hydrogen) atoms. The first-order valence-corrected chi connectivity index (χ1v) is 8.17. The van der Waals surface area contributed by atoms with Crippen LogP contribution in [0.15, 0.2) is 24.3 Å². The average Bonchev–Trinajstić information content (AvgIpc) is 2.47. The molecule has 0 bridgehead atoms. The first kappa shape index (κ1) is 17.7. The highest BCUT2D eigenvalue weighted by Crippen LogP contribution is 2.29. The summed E-state index contributed by atoms with van der Waals surface area (Å²) in [5.74, 6) is -0.280. The number of rotatable bonds is 4. The van der Waals surface area contributed by atoms with E-state index in [1.165, 1.54) is 12.1 Å². The Hall–Kier alpha value is -1.70. The van der Waals surface area contributed by atoms with Crippen LogP contribution in [0, 0.1) is 0 Å². The van der Waals surface area contributed by atoms with Gasteiger partial charge in [-0.2, -0.15) is 24.9 Å². The molecule has 1 aromatic rings. The molecule has 0 radical (unpaired) electrons. The molecular weight excluding hydrogens is 331 g/mol. The van der Waals surface area contributed by atoms with Crippen LogP contribution in [0.25, 0.3) is 0 Å². The molecule has 1 aliphatic rings. The Morgan fingerprint density at radius 1 is 1.17 bits per heavy atom. The number of halogens is 3. The van der Waals surface area contributed by atoms with E-state index < -0.39 is 29.2 Å². The Morgan fingerprint density at radius 3 is 2.22 bits per heavy atom. The molecule has 2 N–H and O–H groups in total. The molecule has 8 heteroatoms. The van der Waals surface area contributed by atoms with E-state index in [9.17, 15) is 27.9 Å². The van der Waals surface area contributed by atoms with Gasteiger partial charge in [-0.05, 0) is 42.0 Å². The second-order valence-electron chi connectivity index (χ2n) is 5.42. The maximum absolute atomic E-state index is 12.5. The van der Waals surface area contributed by atoms with Gasteiger partial charge in [-0.1, -0.05) is 12.1 Å². The largest absolute Gasteiger partial charge is 0.480 e. The maximum atomic E-state index is 12.5. The Labute approximate surface area is 135 Å². The normalized spacial score (nSPS) is 17.5. The molecule has 0 atom stereocenters. The molecule has 1 saturated heterocycles. The monoisotopic (exact) mass is 347 g/mol. The van der Waals surface area contributed by atoms with E-state index in [0.717, 1.165) is 12.1 Å². The zero-order valence-electron chi connectivity index (χ0n) is 12.2. The molecule has 0 spiro atoms. The van der Waals surface area contributed by atoms with Gasteiger partial charge in [-0.3, -0.25) is 4.79 Å². The number of alkyl halides is 3. The number of benzene rings is 1. The highest BCUT2D eigenvalue weighted by Gasteiger charge is 2.41. The van der Waals surface area contributed by atoms with Crippen molar-refractivity contribution in [1.29, 1.82) is 0 Å². The number of carboxylic acid groups (broad SMARTS) is 1. The molecule has 1 fully saturated rings. The van der Waals surface area contributed by atoms with Crippen LogP contribution in [0.5, 0.6) is 0 Å². The topological polar surface area (TPSA) is 66.4 Å². The number of amides is 1. The maximum Gasteiger partial charge on any atom is 0.416 e. The van der Waals surface area contributed by atoms with Crippen molar-refractivity contribution in [2.24, 2.45) is 0 Å². The quantitative estimate of drug-likeness (QED) is 0.879. The molecular formula is C15H16F3NO3S. The molecule has 4 nitrogen and oxygen atoms in total. The first-order chi connectivity index (χ1) is 10.7.